The summed E-state index contributed by atoms with van der Waals surface area (Å²) in [5.74, 6) is 0.908. The van der Waals surface area contributed by atoms with E-state index in [1.807, 2.05) is 7.05 Å². The predicted octanol–water partition coefficient (Wildman–Crippen LogP) is 3.74. The monoisotopic (exact) mass is 493 g/mol. The van der Waals surface area contributed by atoms with Gasteiger partial charge in [0.2, 0.25) is 0 Å². The Kier molecular flexibility index (Phi) is 11.7. The molecule has 1 unspecified atom stereocenters. The zero-order chi connectivity index (χ0) is 18.1. The van der Waals surface area contributed by atoms with E-state index in [0.717, 1.165) is 31.2 Å². The van der Waals surface area contributed by atoms with Crippen LogP contribution in [0.3, 0.4) is 0 Å². The van der Waals surface area contributed by atoms with Gasteiger partial charge in [-0.1, -0.05) is 19.8 Å². The molecule has 0 saturated carbocycles. The third-order valence-electron chi connectivity index (χ3n) is 4.98. The molecule has 2 rings (SSSR count). The Labute approximate surface area is 180 Å². The number of aromatic nitrogens is 1. The van der Waals surface area contributed by atoms with Gasteiger partial charge >= 0.3 is 0 Å². The average molecular weight is 494 g/mol. The predicted molar refractivity (Wildman–Crippen MR) is 124 cm³/mol. The van der Waals surface area contributed by atoms with Gasteiger partial charge in [0.05, 0.1) is 10.7 Å². The molecule has 2 heterocycles. The Morgan fingerprint density at radius 3 is 2.77 bits per heavy atom. The molecule has 0 bridgehead atoms. The number of piperidine rings is 1. The molecular formula is C19H36IN5S. The van der Waals surface area contributed by atoms with Crippen LogP contribution in [0.25, 0.3) is 0 Å². The van der Waals surface area contributed by atoms with Crippen molar-refractivity contribution in [2.45, 2.75) is 65.3 Å². The van der Waals surface area contributed by atoms with E-state index in [0.29, 0.717) is 6.04 Å². The highest BCUT2D eigenvalue weighted by Gasteiger charge is 2.21. The quantitative estimate of drug-likeness (QED) is 0.329. The number of thiazole rings is 1. The van der Waals surface area contributed by atoms with Crippen molar-refractivity contribution in [3.8, 4) is 0 Å². The minimum atomic E-state index is 0. The fourth-order valence-corrected chi connectivity index (χ4v) is 4.25. The Morgan fingerprint density at radius 2 is 2.12 bits per heavy atom. The highest BCUT2D eigenvalue weighted by atomic mass is 127. The number of likely N-dealkylation sites (tertiary alicyclic amines) is 1. The first-order valence-corrected chi connectivity index (χ1v) is 10.6. The maximum absolute atomic E-state index is 4.60. The fraction of sp³-hybridized carbons (Fsp3) is 0.789. The molecule has 1 saturated heterocycles. The molecule has 1 aromatic heterocycles. The van der Waals surface area contributed by atoms with Crippen LogP contribution in [0, 0.1) is 13.8 Å². The van der Waals surface area contributed by atoms with Crippen molar-refractivity contribution in [2.75, 3.05) is 33.2 Å². The minimum absolute atomic E-state index is 0. The molecule has 150 valence electrons. The zero-order valence-corrected chi connectivity index (χ0v) is 20.0. The van der Waals surface area contributed by atoms with Crippen LogP contribution < -0.4 is 10.6 Å². The summed E-state index contributed by atoms with van der Waals surface area (Å²) in [4.78, 5) is 13.0. The molecule has 7 heteroatoms. The molecule has 1 atom stereocenters. The van der Waals surface area contributed by atoms with Crippen LogP contribution in [-0.4, -0.2) is 55.1 Å². The summed E-state index contributed by atoms with van der Waals surface area (Å²) in [6, 6.07) is 0.642. The first kappa shape index (κ1) is 23.6. The number of hydrogen-bond acceptors (Lipinski definition) is 4. The molecule has 1 aromatic rings. The zero-order valence-electron chi connectivity index (χ0n) is 16.8. The Morgan fingerprint density at radius 1 is 1.31 bits per heavy atom. The summed E-state index contributed by atoms with van der Waals surface area (Å²) in [5.41, 5.74) is 1.16. The molecule has 0 radical (unpaired) electrons. The van der Waals surface area contributed by atoms with Crippen molar-refractivity contribution in [3.63, 3.8) is 0 Å². The van der Waals surface area contributed by atoms with Gasteiger partial charge < -0.3 is 10.6 Å². The number of guanidine groups is 1. The number of aryl methyl sites for hydroxylation is 2. The SMILES string of the molecule is CCCCN1CCCCC1CNC(=NC)NCCc1nc(C)c(C)s1.I. The lowest BCUT2D eigenvalue weighted by Crippen LogP contribution is -2.49. The fourth-order valence-electron chi connectivity index (χ4n) is 3.32. The number of rotatable bonds is 8. The number of unbranched alkanes of at least 4 members (excludes halogenated alkanes) is 1. The summed E-state index contributed by atoms with van der Waals surface area (Å²) < 4.78 is 0. The van der Waals surface area contributed by atoms with E-state index in [4.69, 9.17) is 0 Å². The van der Waals surface area contributed by atoms with E-state index in [2.05, 4.69) is 46.3 Å². The Hall–Kier alpha value is -0.410. The first-order valence-electron chi connectivity index (χ1n) is 9.75. The summed E-state index contributed by atoms with van der Waals surface area (Å²) in [6.45, 7) is 10.8. The van der Waals surface area contributed by atoms with Crippen LogP contribution in [0.2, 0.25) is 0 Å². The number of halogens is 1. The van der Waals surface area contributed by atoms with Gasteiger partial charge in [-0.25, -0.2) is 4.98 Å². The molecule has 1 fully saturated rings. The summed E-state index contributed by atoms with van der Waals surface area (Å²) in [5, 5.41) is 8.16. The van der Waals surface area contributed by atoms with Crippen molar-refractivity contribution >= 4 is 41.3 Å². The third kappa shape index (κ3) is 7.68. The molecule has 2 N–H and O–H groups in total. The van der Waals surface area contributed by atoms with Gasteiger partial charge in [-0.3, -0.25) is 9.89 Å². The van der Waals surface area contributed by atoms with E-state index >= 15 is 0 Å². The molecule has 1 aliphatic rings. The molecule has 1 aliphatic heterocycles. The molecule has 26 heavy (non-hydrogen) atoms. The highest BCUT2D eigenvalue weighted by Crippen LogP contribution is 2.17. The van der Waals surface area contributed by atoms with Crippen LogP contribution in [0.1, 0.15) is 54.6 Å². The number of nitrogens with zero attached hydrogens (tertiary/aromatic N) is 3. The van der Waals surface area contributed by atoms with E-state index in [1.165, 1.54) is 55.1 Å². The van der Waals surface area contributed by atoms with Gasteiger partial charge in [0.25, 0.3) is 0 Å². The van der Waals surface area contributed by atoms with Gasteiger partial charge in [-0.2, -0.15) is 0 Å². The topological polar surface area (TPSA) is 52.5 Å². The summed E-state index contributed by atoms with van der Waals surface area (Å²) in [7, 11) is 1.85. The minimum Gasteiger partial charge on any atom is -0.356 e. The van der Waals surface area contributed by atoms with E-state index in [9.17, 15) is 0 Å². The van der Waals surface area contributed by atoms with Gasteiger partial charge in [-0.05, 0) is 46.2 Å². The van der Waals surface area contributed by atoms with Gasteiger partial charge in [0.15, 0.2) is 5.96 Å². The van der Waals surface area contributed by atoms with E-state index in [-0.39, 0.29) is 24.0 Å². The van der Waals surface area contributed by atoms with Gasteiger partial charge in [0.1, 0.15) is 0 Å². The first-order chi connectivity index (χ1) is 12.1. The largest absolute Gasteiger partial charge is 0.356 e. The van der Waals surface area contributed by atoms with Crippen molar-refractivity contribution < 1.29 is 0 Å². The molecular weight excluding hydrogens is 457 g/mol. The van der Waals surface area contributed by atoms with Crippen molar-refractivity contribution in [3.05, 3.63) is 15.6 Å². The lowest BCUT2D eigenvalue weighted by molar-refractivity contribution is 0.147. The number of hydrogen-bond donors (Lipinski definition) is 2. The van der Waals surface area contributed by atoms with Gasteiger partial charge in [0, 0.05) is 37.5 Å². The van der Waals surface area contributed by atoms with Gasteiger partial charge in [-0.15, -0.1) is 35.3 Å². The summed E-state index contributed by atoms with van der Waals surface area (Å²) in [6.07, 6.45) is 7.52. The van der Waals surface area contributed by atoms with Crippen molar-refractivity contribution in [1.82, 2.24) is 20.5 Å². The smallest absolute Gasteiger partial charge is 0.191 e. The second-order valence-electron chi connectivity index (χ2n) is 6.92. The standard InChI is InChI=1S/C19H35N5S.HI/c1-5-6-12-24-13-8-7-9-17(24)14-22-19(20-4)21-11-10-18-23-15(2)16(3)25-18;/h17H,5-14H2,1-4H3,(H2,20,21,22);1H. The molecule has 0 amide bonds. The van der Waals surface area contributed by atoms with Crippen molar-refractivity contribution in [1.29, 1.82) is 0 Å². The Bertz CT molecular complexity index is 527. The lowest BCUT2D eigenvalue weighted by atomic mass is 10.0. The summed E-state index contributed by atoms with van der Waals surface area (Å²) >= 11 is 1.80. The maximum Gasteiger partial charge on any atom is 0.191 e. The lowest BCUT2D eigenvalue weighted by Gasteiger charge is -2.36. The highest BCUT2D eigenvalue weighted by molar-refractivity contribution is 14.0. The van der Waals surface area contributed by atoms with Crippen LogP contribution >= 0.6 is 35.3 Å². The molecule has 0 aliphatic carbocycles. The maximum atomic E-state index is 4.60. The third-order valence-corrected chi connectivity index (χ3v) is 6.11. The molecule has 0 spiro atoms. The molecule has 5 nitrogen and oxygen atoms in total. The van der Waals surface area contributed by atoms with Crippen molar-refractivity contribution in [2.24, 2.45) is 4.99 Å². The van der Waals surface area contributed by atoms with Crippen LogP contribution in [0.4, 0.5) is 0 Å². The van der Waals surface area contributed by atoms with Crippen LogP contribution in [0.15, 0.2) is 4.99 Å². The average Bonchev–Trinajstić information content (AvgIpc) is 2.94. The van der Waals surface area contributed by atoms with Crippen LogP contribution in [0.5, 0.6) is 0 Å². The van der Waals surface area contributed by atoms with E-state index < -0.39 is 0 Å². The molecule has 0 aromatic carbocycles. The normalized spacial score (nSPS) is 18.5. The Balaban J connectivity index is 0.00000338. The second-order valence-corrected chi connectivity index (χ2v) is 8.21. The number of nitrogens with one attached hydrogen (secondary N) is 2. The number of aliphatic imine (C=N–C) groups is 1. The van der Waals surface area contributed by atoms with Crippen LogP contribution in [-0.2, 0) is 6.42 Å². The van der Waals surface area contributed by atoms with E-state index in [1.54, 1.807) is 11.3 Å². The second kappa shape index (κ2) is 12.9.